The minimum Gasteiger partial charge on any atom is -0.499 e. The van der Waals surface area contributed by atoms with Crippen LogP contribution in [0.2, 0.25) is 0 Å². The summed E-state index contributed by atoms with van der Waals surface area (Å²) in [6, 6.07) is 10.4. The second-order valence-electron chi connectivity index (χ2n) is 3.76. The fourth-order valence-electron chi connectivity index (χ4n) is 1.95. The fraction of sp³-hybridized carbons (Fsp3) is 0.385. The maximum absolute atomic E-state index is 5.66. The van der Waals surface area contributed by atoms with Crippen molar-refractivity contribution in [3.8, 4) is 0 Å². The van der Waals surface area contributed by atoms with Gasteiger partial charge in [0.15, 0.2) is 0 Å². The predicted molar refractivity (Wildman–Crippen MR) is 59.7 cm³/mol. The van der Waals surface area contributed by atoms with Gasteiger partial charge in [-0.1, -0.05) is 37.3 Å². The molecule has 0 N–H and O–H groups in total. The van der Waals surface area contributed by atoms with E-state index in [1.165, 1.54) is 5.56 Å². The Morgan fingerprint density at radius 2 is 2.07 bits per heavy atom. The molecule has 2 rings (SSSR count). The van der Waals surface area contributed by atoms with E-state index in [1.807, 2.05) is 12.1 Å². The lowest BCUT2D eigenvalue weighted by atomic mass is 9.94. The normalized spacial score (nSPS) is 22.3. The Kier molecular flexibility index (Phi) is 3.07. The van der Waals surface area contributed by atoms with Gasteiger partial charge >= 0.3 is 0 Å². The van der Waals surface area contributed by atoms with E-state index in [0.29, 0.717) is 12.5 Å². The maximum atomic E-state index is 5.66. The molecule has 0 amide bonds. The summed E-state index contributed by atoms with van der Waals surface area (Å²) in [6.07, 6.45) is 2.07. The maximum Gasteiger partial charge on any atom is 0.123 e. The van der Waals surface area contributed by atoms with Gasteiger partial charge in [0.1, 0.15) is 11.9 Å². The van der Waals surface area contributed by atoms with E-state index in [4.69, 9.17) is 9.47 Å². The van der Waals surface area contributed by atoms with Crippen LogP contribution in [0.15, 0.2) is 42.2 Å². The van der Waals surface area contributed by atoms with Crippen molar-refractivity contribution in [1.29, 1.82) is 0 Å². The molecule has 2 nitrogen and oxygen atoms in total. The summed E-state index contributed by atoms with van der Waals surface area (Å²) < 4.78 is 11.0. The first-order chi connectivity index (χ1) is 7.33. The number of ether oxygens (including phenoxy) is 2. The highest BCUT2D eigenvalue weighted by molar-refractivity contribution is 5.24. The van der Waals surface area contributed by atoms with Crippen molar-refractivity contribution in [2.75, 3.05) is 13.7 Å². The van der Waals surface area contributed by atoms with Crippen molar-refractivity contribution in [1.82, 2.24) is 0 Å². The molecule has 0 aliphatic carbocycles. The third-order valence-electron chi connectivity index (χ3n) is 2.86. The molecule has 15 heavy (non-hydrogen) atoms. The molecule has 0 aromatic heterocycles. The van der Waals surface area contributed by atoms with Gasteiger partial charge in [-0.25, -0.2) is 0 Å². The van der Waals surface area contributed by atoms with E-state index in [0.717, 1.165) is 5.76 Å². The van der Waals surface area contributed by atoms with Crippen LogP contribution in [0.4, 0.5) is 0 Å². The molecule has 1 aromatic rings. The van der Waals surface area contributed by atoms with Crippen molar-refractivity contribution in [3.63, 3.8) is 0 Å². The summed E-state index contributed by atoms with van der Waals surface area (Å²) in [4.78, 5) is 0. The quantitative estimate of drug-likeness (QED) is 0.753. The molecule has 0 fully saturated rings. The van der Waals surface area contributed by atoms with Crippen molar-refractivity contribution in [2.45, 2.75) is 18.9 Å². The topological polar surface area (TPSA) is 18.5 Å². The molecule has 80 valence electrons. The molecule has 1 aliphatic rings. The molecule has 1 aliphatic heterocycles. The third-order valence-corrected chi connectivity index (χ3v) is 2.86. The molecule has 0 unspecified atom stereocenters. The highest BCUT2D eigenvalue weighted by atomic mass is 16.5. The van der Waals surface area contributed by atoms with Gasteiger partial charge in [-0.3, -0.25) is 0 Å². The van der Waals surface area contributed by atoms with Crippen molar-refractivity contribution < 1.29 is 9.47 Å². The van der Waals surface area contributed by atoms with Crippen LogP contribution in [0.1, 0.15) is 18.4 Å². The van der Waals surface area contributed by atoms with Gasteiger partial charge in [-0.2, -0.15) is 0 Å². The summed E-state index contributed by atoms with van der Waals surface area (Å²) in [5.41, 5.74) is 1.28. The molecule has 1 aromatic carbocycles. The molecule has 0 spiro atoms. The minimum atomic E-state index is 0.0670. The first-order valence-electron chi connectivity index (χ1n) is 5.23. The van der Waals surface area contributed by atoms with Crippen LogP contribution < -0.4 is 0 Å². The SMILES string of the molecule is COC1=CCO[C@H]1[C@H](C)c1ccccc1. The van der Waals surface area contributed by atoms with Crippen molar-refractivity contribution in [3.05, 3.63) is 47.7 Å². The van der Waals surface area contributed by atoms with Gasteiger partial charge in [0.05, 0.1) is 13.7 Å². The lowest BCUT2D eigenvalue weighted by molar-refractivity contribution is 0.0692. The average molecular weight is 204 g/mol. The number of rotatable bonds is 3. The van der Waals surface area contributed by atoms with Crippen LogP contribution in [0, 0.1) is 0 Å². The van der Waals surface area contributed by atoms with E-state index in [-0.39, 0.29) is 6.10 Å². The summed E-state index contributed by atoms with van der Waals surface area (Å²) >= 11 is 0. The average Bonchev–Trinajstić information content (AvgIpc) is 2.77. The Bertz CT molecular complexity index is 343. The molecule has 0 saturated heterocycles. The van der Waals surface area contributed by atoms with Crippen LogP contribution in [0.5, 0.6) is 0 Å². The standard InChI is InChI=1S/C13H16O2/c1-10(11-6-4-3-5-7-11)13-12(14-2)8-9-15-13/h3-8,10,13H,9H2,1-2H3/t10-,13+/m1/s1. The van der Waals surface area contributed by atoms with Gasteiger partial charge in [0.2, 0.25) is 0 Å². The van der Waals surface area contributed by atoms with Gasteiger partial charge < -0.3 is 9.47 Å². The van der Waals surface area contributed by atoms with E-state index in [1.54, 1.807) is 7.11 Å². The zero-order chi connectivity index (χ0) is 10.7. The monoisotopic (exact) mass is 204 g/mol. The summed E-state index contributed by atoms with van der Waals surface area (Å²) in [7, 11) is 1.70. The Balaban J connectivity index is 2.15. The van der Waals surface area contributed by atoms with Crippen LogP contribution >= 0.6 is 0 Å². The number of hydrogen-bond acceptors (Lipinski definition) is 2. The van der Waals surface area contributed by atoms with Crippen LogP contribution in [0.25, 0.3) is 0 Å². The third kappa shape index (κ3) is 2.05. The zero-order valence-corrected chi connectivity index (χ0v) is 9.14. The van der Waals surface area contributed by atoms with Crippen molar-refractivity contribution in [2.24, 2.45) is 0 Å². The zero-order valence-electron chi connectivity index (χ0n) is 9.14. The lowest BCUT2D eigenvalue weighted by Gasteiger charge is -2.21. The Morgan fingerprint density at radius 3 is 2.73 bits per heavy atom. The number of hydrogen-bond donors (Lipinski definition) is 0. The smallest absolute Gasteiger partial charge is 0.123 e. The number of methoxy groups -OCH3 is 1. The lowest BCUT2D eigenvalue weighted by Crippen LogP contribution is -2.19. The Hall–Kier alpha value is -1.28. The van der Waals surface area contributed by atoms with Gasteiger partial charge in [0, 0.05) is 5.92 Å². The molecule has 1 heterocycles. The van der Waals surface area contributed by atoms with Gasteiger partial charge in [0.25, 0.3) is 0 Å². The van der Waals surface area contributed by atoms with Gasteiger partial charge in [-0.05, 0) is 11.6 Å². The highest BCUT2D eigenvalue weighted by Crippen LogP contribution is 2.29. The molecule has 0 radical (unpaired) electrons. The Labute approximate surface area is 90.5 Å². The molecular formula is C13H16O2. The highest BCUT2D eigenvalue weighted by Gasteiger charge is 2.27. The summed E-state index contributed by atoms with van der Waals surface area (Å²) in [5, 5.41) is 0. The summed E-state index contributed by atoms with van der Waals surface area (Å²) in [6.45, 7) is 2.82. The largest absolute Gasteiger partial charge is 0.499 e. The fourth-order valence-corrected chi connectivity index (χ4v) is 1.95. The van der Waals surface area contributed by atoms with E-state index in [9.17, 15) is 0 Å². The summed E-state index contributed by atoms with van der Waals surface area (Å²) in [5.74, 6) is 1.28. The van der Waals surface area contributed by atoms with Crippen LogP contribution in [0.3, 0.4) is 0 Å². The van der Waals surface area contributed by atoms with Crippen LogP contribution in [-0.4, -0.2) is 19.8 Å². The molecule has 2 heteroatoms. The molecule has 0 saturated carbocycles. The first kappa shape index (κ1) is 10.2. The first-order valence-corrected chi connectivity index (χ1v) is 5.23. The Morgan fingerprint density at radius 1 is 1.33 bits per heavy atom. The second-order valence-corrected chi connectivity index (χ2v) is 3.76. The van der Waals surface area contributed by atoms with Gasteiger partial charge in [-0.15, -0.1) is 0 Å². The predicted octanol–water partition coefficient (Wildman–Crippen LogP) is 2.72. The molecule has 0 bridgehead atoms. The van der Waals surface area contributed by atoms with Crippen LogP contribution in [-0.2, 0) is 9.47 Å². The molecule has 2 atom stereocenters. The molecular weight excluding hydrogens is 188 g/mol. The van der Waals surface area contributed by atoms with E-state index < -0.39 is 0 Å². The second kappa shape index (κ2) is 4.49. The van der Waals surface area contributed by atoms with E-state index >= 15 is 0 Å². The van der Waals surface area contributed by atoms with Crippen molar-refractivity contribution >= 4 is 0 Å². The van der Waals surface area contributed by atoms with E-state index in [2.05, 4.69) is 31.2 Å². The minimum absolute atomic E-state index is 0.0670. The number of benzene rings is 1.